The van der Waals surface area contributed by atoms with Crippen molar-refractivity contribution in [1.82, 2.24) is 0 Å². The van der Waals surface area contributed by atoms with Crippen molar-refractivity contribution in [3.8, 4) is 0 Å². The van der Waals surface area contributed by atoms with Crippen molar-refractivity contribution in [3.05, 3.63) is 35.9 Å². The second-order valence-corrected chi connectivity index (χ2v) is 4.01. The summed E-state index contributed by atoms with van der Waals surface area (Å²) in [5.74, 6) is 0. The van der Waals surface area contributed by atoms with Crippen LogP contribution < -0.4 is 5.73 Å². The van der Waals surface area contributed by atoms with Crippen molar-refractivity contribution in [2.24, 2.45) is 5.73 Å². The van der Waals surface area contributed by atoms with E-state index < -0.39 is 0 Å². The minimum Gasteiger partial charge on any atom is -0.396 e. The van der Waals surface area contributed by atoms with Gasteiger partial charge < -0.3 is 15.6 Å². The normalized spacial score (nSPS) is 26.3. The molecule has 3 nitrogen and oxygen atoms in total. The van der Waals surface area contributed by atoms with Gasteiger partial charge in [0, 0.05) is 12.6 Å². The lowest BCUT2D eigenvalue weighted by Crippen LogP contribution is -2.30. The van der Waals surface area contributed by atoms with Gasteiger partial charge in [0.05, 0.1) is 12.2 Å². The summed E-state index contributed by atoms with van der Waals surface area (Å²) in [4.78, 5) is 0. The molecule has 0 aliphatic carbocycles. The highest BCUT2D eigenvalue weighted by molar-refractivity contribution is 5.17. The van der Waals surface area contributed by atoms with Crippen molar-refractivity contribution in [1.29, 1.82) is 0 Å². The summed E-state index contributed by atoms with van der Waals surface area (Å²) < 4.78 is 5.41. The molecule has 0 aromatic heterocycles. The molecule has 2 rings (SSSR count). The van der Waals surface area contributed by atoms with Crippen LogP contribution >= 0.6 is 0 Å². The van der Waals surface area contributed by atoms with Gasteiger partial charge in [0.1, 0.15) is 0 Å². The van der Waals surface area contributed by atoms with E-state index in [1.165, 1.54) is 5.56 Å². The van der Waals surface area contributed by atoms with Crippen LogP contribution in [0.1, 0.15) is 12.0 Å². The Bertz CT molecular complexity index is 302. The molecule has 1 aliphatic rings. The van der Waals surface area contributed by atoms with Crippen LogP contribution in [0.5, 0.6) is 0 Å². The molecule has 15 heavy (non-hydrogen) atoms. The first-order valence-corrected chi connectivity index (χ1v) is 5.37. The summed E-state index contributed by atoms with van der Waals surface area (Å²) in [7, 11) is 0. The van der Waals surface area contributed by atoms with Crippen LogP contribution in [0.4, 0.5) is 0 Å². The first-order valence-electron chi connectivity index (χ1n) is 5.37. The molecular weight excluding hydrogens is 190 g/mol. The quantitative estimate of drug-likeness (QED) is 0.699. The number of hydrogen-bond donors (Lipinski definition) is 2. The standard InChI is InChI=1S/C12H17NO2/c13-10(12-11(15-12)6-7-14)8-9-4-2-1-3-5-9/h1-5,10-12,14H,6-8,13H2/t10-,11?,12?/m0/s1. The van der Waals surface area contributed by atoms with Crippen molar-refractivity contribution in [3.63, 3.8) is 0 Å². The maximum absolute atomic E-state index is 8.75. The zero-order chi connectivity index (χ0) is 10.7. The van der Waals surface area contributed by atoms with Crippen LogP contribution in [-0.4, -0.2) is 30.0 Å². The van der Waals surface area contributed by atoms with E-state index in [-0.39, 0.29) is 24.9 Å². The Labute approximate surface area is 89.9 Å². The average molecular weight is 207 g/mol. The molecule has 0 amide bonds. The summed E-state index contributed by atoms with van der Waals surface area (Å²) in [5.41, 5.74) is 7.26. The van der Waals surface area contributed by atoms with Gasteiger partial charge >= 0.3 is 0 Å². The Morgan fingerprint density at radius 1 is 1.33 bits per heavy atom. The Hall–Kier alpha value is -0.900. The average Bonchev–Trinajstić information content (AvgIpc) is 2.99. The van der Waals surface area contributed by atoms with Gasteiger partial charge in [0.25, 0.3) is 0 Å². The zero-order valence-corrected chi connectivity index (χ0v) is 8.67. The van der Waals surface area contributed by atoms with E-state index in [0.717, 1.165) is 6.42 Å². The van der Waals surface area contributed by atoms with Crippen molar-refractivity contribution in [2.75, 3.05) is 6.61 Å². The topological polar surface area (TPSA) is 58.8 Å². The highest BCUT2D eigenvalue weighted by Crippen LogP contribution is 2.28. The third-order valence-electron chi connectivity index (χ3n) is 2.77. The molecule has 1 heterocycles. The minimum atomic E-state index is 0.0453. The molecule has 3 atom stereocenters. The number of epoxide rings is 1. The molecule has 1 saturated heterocycles. The van der Waals surface area contributed by atoms with Gasteiger partial charge in [-0.05, 0) is 18.4 Å². The lowest BCUT2D eigenvalue weighted by molar-refractivity contribution is 0.261. The maximum Gasteiger partial charge on any atom is 0.0996 e. The molecule has 2 unspecified atom stereocenters. The van der Waals surface area contributed by atoms with Gasteiger partial charge in [-0.15, -0.1) is 0 Å². The first-order chi connectivity index (χ1) is 7.31. The molecule has 0 bridgehead atoms. The first kappa shape index (κ1) is 10.6. The molecule has 1 fully saturated rings. The van der Waals surface area contributed by atoms with E-state index in [9.17, 15) is 0 Å². The van der Waals surface area contributed by atoms with Crippen LogP contribution in [0.25, 0.3) is 0 Å². The Morgan fingerprint density at radius 2 is 2.07 bits per heavy atom. The Morgan fingerprint density at radius 3 is 2.73 bits per heavy atom. The summed E-state index contributed by atoms with van der Waals surface area (Å²) in [5, 5.41) is 8.75. The van der Waals surface area contributed by atoms with E-state index in [1.807, 2.05) is 18.2 Å². The molecule has 1 aromatic carbocycles. The number of ether oxygens (including phenoxy) is 1. The highest BCUT2D eigenvalue weighted by Gasteiger charge is 2.42. The van der Waals surface area contributed by atoms with Crippen molar-refractivity contribution >= 4 is 0 Å². The fourth-order valence-corrected chi connectivity index (χ4v) is 1.90. The van der Waals surface area contributed by atoms with Crippen LogP contribution in [0.15, 0.2) is 30.3 Å². The number of hydrogen-bond acceptors (Lipinski definition) is 3. The molecule has 3 heteroatoms. The van der Waals surface area contributed by atoms with Crippen molar-refractivity contribution < 1.29 is 9.84 Å². The maximum atomic E-state index is 8.75. The van der Waals surface area contributed by atoms with Gasteiger partial charge in [0.2, 0.25) is 0 Å². The molecule has 82 valence electrons. The lowest BCUT2D eigenvalue weighted by atomic mass is 10.0. The third-order valence-corrected chi connectivity index (χ3v) is 2.77. The zero-order valence-electron chi connectivity index (χ0n) is 8.67. The minimum absolute atomic E-state index is 0.0453. The SMILES string of the molecule is N[C@@H](Cc1ccccc1)C1OC1CCO. The second kappa shape index (κ2) is 4.75. The summed E-state index contributed by atoms with van der Waals surface area (Å²) in [6.45, 7) is 0.180. The van der Waals surface area contributed by atoms with Crippen LogP contribution in [0, 0.1) is 0 Å². The lowest BCUT2D eigenvalue weighted by Gasteiger charge is -2.08. The molecular formula is C12H17NO2. The largest absolute Gasteiger partial charge is 0.396 e. The van der Waals surface area contributed by atoms with E-state index in [0.29, 0.717) is 6.42 Å². The fraction of sp³-hybridized carbons (Fsp3) is 0.500. The number of benzene rings is 1. The van der Waals surface area contributed by atoms with Gasteiger partial charge in [-0.3, -0.25) is 0 Å². The summed E-state index contributed by atoms with van der Waals surface area (Å²) in [6, 6.07) is 10.2. The smallest absolute Gasteiger partial charge is 0.0996 e. The summed E-state index contributed by atoms with van der Waals surface area (Å²) >= 11 is 0. The molecule has 1 aliphatic heterocycles. The van der Waals surface area contributed by atoms with Crippen LogP contribution in [0.3, 0.4) is 0 Å². The molecule has 0 spiro atoms. The molecule has 0 radical (unpaired) electrons. The predicted octanol–water partition coefficient (Wildman–Crippen LogP) is 0.706. The van der Waals surface area contributed by atoms with E-state index in [2.05, 4.69) is 12.1 Å². The van der Waals surface area contributed by atoms with Crippen LogP contribution in [-0.2, 0) is 11.2 Å². The van der Waals surface area contributed by atoms with Gasteiger partial charge in [-0.1, -0.05) is 30.3 Å². The van der Waals surface area contributed by atoms with Gasteiger partial charge in [-0.2, -0.15) is 0 Å². The number of nitrogens with two attached hydrogens (primary N) is 1. The number of aliphatic hydroxyl groups excluding tert-OH is 1. The number of aliphatic hydroxyl groups is 1. The van der Waals surface area contributed by atoms with E-state index >= 15 is 0 Å². The van der Waals surface area contributed by atoms with Gasteiger partial charge in [-0.25, -0.2) is 0 Å². The van der Waals surface area contributed by atoms with E-state index in [1.54, 1.807) is 0 Å². The molecule has 3 N–H and O–H groups in total. The van der Waals surface area contributed by atoms with Gasteiger partial charge in [0.15, 0.2) is 0 Å². The highest BCUT2D eigenvalue weighted by atomic mass is 16.6. The summed E-state index contributed by atoms with van der Waals surface area (Å²) in [6.07, 6.45) is 1.85. The van der Waals surface area contributed by atoms with E-state index in [4.69, 9.17) is 15.6 Å². The Kier molecular flexibility index (Phi) is 3.36. The molecule has 1 aromatic rings. The monoisotopic (exact) mass is 207 g/mol. The number of rotatable bonds is 5. The second-order valence-electron chi connectivity index (χ2n) is 4.01. The predicted molar refractivity (Wildman–Crippen MR) is 58.5 cm³/mol. The van der Waals surface area contributed by atoms with Crippen LogP contribution in [0.2, 0.25) is 0 Å². The third kappa shape index (κ3) is 2.78. The Balaban J connectivity index is 1.81. The molecule has 0 saturated carbocycles. The van der Waals surface area contributed by atoms with Crippen molar-refractivity contribution in [2.45, 2.75) is 31.1 Å². The fourth-order valence-electron chi connectivity index (χ4n) is 1.90.